The molecule has 0 fully saturated rings. The number of unbranched alkanes of at least 4 members (excludes halogenated alkanes) is 5. The molecule has 0 aliphatic heterocycles. The molecule has 0 bridgehead atoms. The SMILES string of the molecule is CCCCCCCC[SiH](C)O[SiH3].C[SiH](C)O[SiH3]. The maximum atomic E-state index is 5.46. The van der Waals surface area contributed by atoms with Crippen molar-refractivity contribution in [2.24, 2.45) is 0 Å². The van der Waals surface area contributed by atoms with Crippen molar-refractivity contribution >= 4 is 39.1 Å². The third-order valence-corrected chi connectivity index (χ3v) is 11.0. The smallest absolute Gasteiger partial charge is 0.159 e. The fourth-order valence-electron chi connectivity index (χ4n) is 1.33. The Morgan fingerprint density at radius 2 is 1.29 bits per heavy atom. The van der Waals surface area contributed by atoms with Gasteiger partial charge in [0.25, 0.3) is 0 Å². The zero-order valence-electron chi connectivity index (χ0n) is 12.9. The first-order valence-electron chi connectivity index (χ1n) is 7.14. The van der Waals surface area contributed by atoms with Crippen LogP contribution in [0.2, 0.25) is 25.7 Å². The summed E-state index contributed by atoms with van der Waals surface area (Å²) >= 11 is 0. The van der Waals surface area contributed by atoms with Crippen molar-refractivity contribution in [3.05, 3.63) is 0 Å². The molecule has 2 nitrogen and oxygen atoms in total. The fraction of sp³-hybridized carbons (Fsp3) is 1.00. The first-order chi connectivity index (χ1) is 8.08. The second-order valence-electron chi connectivity index (χ2n) is 4.89. The summed E-state index contributed by atoms with van der Waals surface area (Å²) < 4.78 is 10.5. The van der Waals surface area contributed by atoms with E-state index in [1.165, 1.54) is 44.6 Å². The fourth-order valence-corrected chi connectivity index (χ4v) is 3.14. The van der Waals surface area contributed by atoms with Crippen LogP contribution in [0.1, 0.15) is 45.4 Å². The predicted octanol–water partition coefficient (Wildman–Crippen LogP) is 1.26. The third-order valence-electron chi connectivity index (χ3n) is 2.84. The van der Waals surface area contributed by atoms with Crippen LogP contribution in [0.5, 0.6) is 0 Å². The summed E-state index contributed by atoms with van der Waals surface area (Å²) in [5.41, 5.74) is 0. The molecule has 17 heavy (non-hydrogen) atoms. The van der Waals surface area contributed by atoms with Crippen molar-refractivity contribution < 1.29 is 8.23 Å². The first-order valence-corrected chi connectivity index (χ1v) is 14.0. The van der Waals surface area contributed by atoms with E-state index in [4.69, 9.17) is 8.23 Å². The van der Waals surface area contributed by atoms with Crippen molar-refractivity contribution in [2.45, 2.75) is 71.1 Å². The van der Waals surface area contributed by atoms with E-state index in [0.29, 0.717) is 0 Å². The Labute approximate surface area is 118 Å². The lowest BCUT2D eigenvalue weighted by Gasteiger charge is -2.06. The minimum Gasteiger partial charge on any atom is -0.466 e. The summed E-state index contributed by atoms with van der Waals surface area (Å²) in [5, 5.41) is 0. The molecule has 0 amide bonds. The Kier molecular flexibility index (Phi) is 19.9. The molecule has 0 aromatic rings. The van der Waals surface area contributed by atoms with Crippen molar-refractivity contribution in [2.75, 3.05) is 0 Å². The van der Waals surface area contributed by atoms with Crippen LogP contribution in [-0.2, 0) is 8.23 Å². The van der Waals surface area contributed by atoms with Gasteiger partial charge >= 0.3 is 0 Å². The van der Waals surface area contributed by atoms with Crippen LogP contribution in [0.4, 0.5) is 0 Å². The van der Waals surface area contributed by atoms with Crippen molar-refractivity contribution in [3.8, 4) is 0 Å². The average Bonchev–Trinajstić information content (AvgIpc) is 2.33. The van der Waals surface area contributed by atoms with Crippen LogP contribution in [0.25, 0.3) is 0 Å². The normalized spacial score (nSPS) is 12.5. The van der Waals surface area contributed by atoms with E-state index in [1.54, 1.807) is 0 Å². The molecule has 0 rings (SSSR count). The molecule has 106 valence electrons. The molecule has 0 aliphatic carbocycles. The van der Waals surface area contributed by atoms with Crippen LogP contribution in [0.15, 0.2) is 0 Å². The van der Waals surface area contributed by atoms with Crippen LogP contribution in [0, 0.1) is 0 Å². The van der Waals surface area contributed by atoms with Gasteiger partial charge in [-0.25, -0.2) is 0 Å². The molecule has 6 heteroatoms. The van der Waals surface area contributed by atoms with Gasteiger partial charge < -0.3 is 8.23 Å². The van der Waals surface area contributed by atoms with Gasteiger partial charge in [0.1, 0.15) is 21.0 Å². The molecule has 1 unspecified atom stereocenters. The molecule has 0 saturated heterocycles. The van der Waals surface area contributed by atoms with E-state index in [2.05, 4.69) is 26.6 Å². The molecular formula is C11H34O2Si4. The van der Waals surface area contributed by atoms with Crippen molar-refractivity contribution in [3.63, 3.8) is 0 Å². The monoisotopic (exact) mass is 310 g/mol. The maximum Gasteiger partial charge on any atom is 0.159 e. The summed E-state index contributed by atoms with van der Waals surface area (Å²) in [6, 6.07) is 1.40. The van der Waals surface area contributed by atoms with Crippen molar-refractivity contribution in [1.82, 2.24) is 0 Å². The topological polar surface area (TPSA) is 18.5 Å². The van der Waals surface area contributed by atoms with Crippen LogP contribution in [0.3, 0.4) is 0 Å². The highest BCUT2D eigenvalue weighted by Gasteiger charge is 1.99. The van der Waals surface area contributed by atoms with Crippen LogP contribution < -0.4 is 0 Å². The maximum absolute atomic E-state index is 5.46. The Morgan fingerprint density at radius 3 is 1.71 bits per heavy atom. The molecule has 1 atom stereocenters. The minimum absolute atomic E-state index is 0.588. The summed E-state index contributed by atoms with van der Waals surface area (Å²) in [7, 11) is 0.624. The highest BCUT2D eigenvalue weighted by Crippen LogP contribution is 2.08. The van der Waals surface area contributed by atoms with E-state index in [1.807, 2.05) is 0 Å². The van der Waals surface area contributed by atoms with E-state index in [-0.39, 0.29) is 0 Å². The lowest BCUT2D eigenvalue weighted by Crippen LogP contribution is -2.09. The molecule has 0 heterocycles. The van der Waals surface area contributed by atoms with Gasteiger partial charge in [0, 0.05) is 0 Å². The zero-order valence-corrected chi connectivity index (χ0v) is 19.2. The molecule has 0 aromatic heterocycles. The molecule has 0 N–H and O–H groups in total. The Morgan fingerprint density at radius 1 is 0.824 bits per heavy atom. The molecule has 0 spiro atoms. The number of rotatable bonds is 9. The van der Waals surface area contributed by atoms with E-state index < -0.39 is 18.1 Å². The van der Waals surface area contributed by atoms with Gasteiger partial charge in [-0.1, -0.05) is 45.4 Å². The van der Waals surface area contributed by atoms with E-state index in [0.717, 1.165) is 21.0 Å². The minimum atomic E-state index is -0.678. The largest absolute Gasteiger partial charge is 0.466 e. The Balaban J connectivity index is 0. The first kappa shape index (κ1) is 20.1. The second kappa shape index (κ2) is 16.8. The second-order valence-corrected chi connectivity index (χ2v) is 13.0. The van der Waals surface area contributed by atoms with Gasteiger partial charge in [0.05, 0.1) is 0 Å². The zero-order chi connectivity index (χ0) is 13.5. The predicted molar refractivity (Wildman–Crippen MR) is 92.1 cm³/mol. The molecule has 0 radical (unpaired) electrons. The average molecular weight is 311 g/mol. The van der Waals surface area contributed by atoms with Crippen molar-refractivity contribution in [1.29, 1.82) is 0 Å². The van der Waals surface area contributed by atoms with E-state index in [9.17, 15) is 0 Å². The van der Waals surface area contributed by atoms with Crippen LogP contribution in [-0.4, -0.2) is 39.1 Å². The third kappa shape index (κ3) is 22.4. The molecule has 0 aromatic carbocycles. The van der Waals surface area contributed by atoms with Gasteiger partial charge in [-0.2, -0.15) is 0 Å². The molecule has 0 saturated carbocycles. The lowest BCUT2D eigenvalue weighted by atomic mass is 10.1. The summed E-state index contributed by atoms with van der Waals surface area (Å²) in [5.74, 6) is 0. The van der Waals surface area contributed by atoms with Gasteiger partial charge in [-0.05, 0) is 25.7 Å². The Hall–Kier alpha value is 0.788. The molecule has 0 aliphatic rings. The van der Waals surface area contributed by atoms with Crippen LogP contribution >= 0.6 is 0 Å². The van der Waals surface area contributed by atoms with Gasteiger partial charge in [0.15, 0.2) is 18.1 Å². The number of hydrogen-bond donors (Lipinski definition) is 0. The van der Waals surface area contributed by atoms with E-state index >= 15 is 0 Å². The highest BCUT2D eigenvalue weighted by molar-refractivity contribution is 6.54. The molecular weight excluding hydrogens is 276 g/mol. The van der Waals surface area contributed by atoms with Gasteiger partial charge in [0.2, 0.25) is 0 Å². The summed E-state index contributed by atoms with van der Waals surface area (Å²) in [4.78, 5) is 0. The standard InChI is InChI=1S/C9H24OSi2.C2H10OSi2/c1-3-4-5-6-7-8-9-12(2)10-11;1-5(2)3-4/h12H,3-9H2,1-2,11H3;5H,1-2,4H3. The van der Waals surface area contributed by atoms with Gasteiger partial charge in [-0.15, -0.1) is 0 Å². The quantitative estimate of drug-likeness (QED) is 0.472. The lowest BCUT2D eigenvalue weighted by molar-refractivity contribution is 0.597. The summed E-state index contributed by atoms with van der Waals surface area (Å²) in [6.45, 7) is 8.93. The summed E-state index contributed by atoms with van der Waals surface area (Å²) in [6.07, 6.45) is 8.50. The number of hydrogen-bond acceptors (Lipinski definition) is 2. The van der Waals surface area contributed by atoms with Gasteiger partial charge in [-0.3, -0.25) is 0 Å². The highest BCUT2D eigenvalue weighted by atomic mass is 28.3. The Bertz CT molecular complexity index is 137.